The Hall–Kier alpha value is -1.43. The first kappa shape index (κ1) is 16.6. The van der Waals surface area contributed by atoms with Crippen LogP contribution in [0.5, 0.6) is 0 Å². The van der Waals surface area contributed by atoms with E-state index in [-0.39, 0.29) is 21.8 Å². The summed E-state index contributed by atoms with van der Waals surface area (Å²) < 4.78 is 38.0. The molecule has 20 heavy (non-hydrogen) atoms. The van der Waals surface area contributed by atoms with Crippen LogP contribution >= 0.6 is 0 Å². The molecule has 1 rings (SSSR count). The fourth-order valence-electron chi connectivity index (χ4n) is 1.93. The lowest BCUT2D eigenvalue weighted by Gasteiger charge is -2.10. The van der Waals surface area contributed by atoms with E-state index >= 15 is 0 Å². The van der Waals surface area contributed by atoms with Gasteiger partial charge in [0.15, 0.2) is 9.84 Å². The molecule has 0 aliphatic heterocycles. The van der Waals surface area contributed by atoms with Crippen LogP contribution in [0.25, 0.3) is 0 Å². The molecule has 0 radical (unpaired) electrons. The summed E-state index contributed by atoms with van der Waals surface area (Å²) in [5.41, 5.74) is -0.370. The quantitative estimate of drug-likeness (QED) is 0.785. The molecule has 0 unspecified atom stereocenters. The fraction of sp³-hybridized carbons (Fsp3) is 0.500. The Morgan fingerprint density at radius 3 is 2.45 bits per heavy atom. The van der Waals surface area contributed by atoms with Crippen LogP contribution in [0.1, 0.15) is 48.5 Å². The third kappa shape index (κ3) is 4.03. The number of hydrogen-bond acceptors (Lipinski definition) is 3. The summed E-state index contributed by atoms with van der Waals surface area (Å²) in [6.07, 6.45) is 3.21. The van der Waals surface area contributed by atoms with E-state index in [9.17, 15) is 17.6 Å². The van der Waals surface area contributed by atoms with Gasteiger partial charge in [-0.25, -0.2) is 17.6 Å². The van der Waals surface area contributed by atoms with Crippen LogP contribution in [0, 0.1) is 12.7 Å². The molecule has 0 aliphatic carbocycles. The van der Waals surface area contributed by atoms with E-state index in [0.717, 1.165) is 31.4 Å². The lowest BCUT2D eigenvalue weighted by Crippen LogP contribution is -2.11. The lowest BCUT2D eigenvalue weighted by atomic mass is 10.1. The summed E-state index contributed by atoms with van der Waals surface area (Å²) in [4.78, 5) is 10.7. The summed E-state index contributed by atoms with van der Waals surface area (Å²) in [7, 11) is -3.65. The van der Waals surface area contributed by atoms with E-state index in [1.807, 2.05) is 6.92 Å². The van der Waals surface area contributed by atoms with Crippen LogP contribution in [0.15, 0.2) is 17.0 Å². The SMILES string of the molecule is CCCCCCS(=O)(=O)c1cc(C(=O)O)cc(F)c1C. The van der Waals surface area contributed by atoms with Crippen LogP contribution < -0.4 is 0 Å². The van der Waals surface area contributed by atoms with Crippen molar-refractivity contribution >= 4 is 15.8 Å². The van der Waals surface area contributed by atoms with Gasteiger partial charge in [-0.3, -0.25) is 0 Å². The molecule has 0 amide bonds. The minimum Gasteiger partial charge on any atom is -0.478 e. The molecule has 0 aromatic heterocycles. The predicted molar refractivity (Wildman–Crippen MR) is 74.3 cm³/mol. The topological polar surface area (TPSA) is 71.4 Å². The molecule has 0 aliphatic rings. The van der Waals surface area contributed by atoms with Gasteiger partial charge >= 0.3 is 5.97 Å². The van der Waals surface area contributed by atoms with Crippen LogP contribution in [0.4, 0.5) is 4.39 Å². The second kappa shape index (κ2) is 6.83. The Labute approximate surface area is 118 Å². The molecule has 0 atom stereocenters. The maximum atomic E-state index is 13.6. The average Bonchev–Trinajstić information content (AvgIpc) is 2.37. The predicted octanol–water partition coefficient (Wildman–Crippen LogP) is 3.19. The van der Waals surface area contributed by atoms with Crippen molar-refractivity contribution in [3.05, 3.63) is 29.1 Å². The zero-order valence-corrected chi connectivity index (χ0v) is 12.5. The van der Waals surface area contributed by atoms with Gasteiger partial charge in [-0.2, -0.15) is 0 Å². The molecule has 1 aromatic carbocycles. The second-order valence-electron chi connectivity index (χ2n) is 4.77. The minimum absolute atomic E-state index is 0.0227. The number of carboxylic acids is 1. The van der Waals surface area contributed by atoms with Gasteiger partial charge in [0.2, 0.25) is 0 Å². The average molecular weight is 302 g/mol. The van der Waals surface area contributed by atoms with Crippen molar-refractivity contribution in [3.63, 3.8) is 0 Å². The smallest absolute Gasteiger partial charge is 0.335 e. The Morgan fingerprint density at radius 1 is 1.25 bits per heavy atom. The summed E-state index contributed by atoms with van der Waals surface area (Å²) >= 11 is 0. The van der Waals surface area contributed by atoms with Gasteiger partial charge in [0.25, 0.3) is 0 Å². The zero-order chi connectivity index (χ0) is 15.3. The molecule has 0 fully saturated rings. The van der Waals surface area contributed by atoms with Gasteiger partial charge in [0.05, 0.1) is 16.2 Å². The Bertz CT molecular complexity index is 593. The normalized spacial score (nSPS) is 11.6. The van der Waals surface area contributed by atoms with Crippen LogP contribution in [-0.4, -0.2) is 25.2 Å². The van der Waals surface area contributed by atoms with Gasteiger partial charge in [-0.15, -0.1) is 0 Å². The molecule has 0 saturated heterocycles. The summed E-state index contributed by atoms with van der Waals surface area (Å²) in [5, 5.41) is 8.87. The third-order valence-corrected chi connectivity index (χ3v) is 5.07. The van der Waals surface area contributed by atoms with E-state index < -0.39 is 21.6 Å². The highest BCUT2D eigenvalue weighted by molar-refractivity contribution is 7.91. The number of sulfone groups is 1. The fourth-order valence-corrected chi connectivity index (χ4v) is 3.60. The van der Waals surface area contributed by atoms with E-state index in [1.165, 1.54) is 6.92 Å². The van der Waals surface area contributed by atoms with Crippen LogP contribution in [-0.2, 0) is 9.84 Å². The van der Waals surface area contributed by atoms with Crippen molar-refractivity contribution in [2.24, 2.45) is 0 Å². The molecule has 4 nitrogen and oxygen atoms in total. The molecule has 0 spiro atoms. The number of hydrogen-bond donors (Lipinski definition) is 1. The van der Waals surface area contributed by atoms with E-state index in [4.69, 9.17) is 5.11 Å². The molecular weight excluding hydrogens is 283 g/mol. The standard InChI is InChI=1S/C14H19FO4S/c1-3-4-5-6-7-20(18,19)13-9-11(14(16)17)8-12(15)10(13)2/h8-9H,3-7H2,1-2H3,(H,16,17). The van der Waals surface area contributed by atoms with Gasteiger partial charge < -0.3 is 5.11 Å². The van der Waals surface area contributed by atoms with Crippen molar-refractivity contribution < 1.29 is 22.7 Å². The molecule has 0 saturated carbocycles. The number of carbonyl (C=O) groups is 1. The number of halogens is 1. The third-order valence-electron chi connectivity index (χ3n) is 3.15. The van der Waals surface area contributed by atoms with Crippen molar-refractivity contribution in [1.29, 1.82) is 0 Å². The van der Waals surface area contributed by atoms with E-state index in [2.05, 4.69) is 0 Å². The first-order valence-electron chi connectivity index (χ1n) is 6.55. The summed E-state index contributed by atoms with van der Waals surface area (Å²) in [6, 6.07) is 1.88. The van der Waals surface area contributed by atoms with Crippen molar-refractivity contribution in [2.45, 2.75) is 44.4 Å². The first-order valence-corrected chi connectivity index (χ1v) is 8.21. The highest BCUT2D eigenvalue weighted by Gasteiger charge is 2.21. The van der Waals surface area contributed by atoms with E-state index in [1.54, 1.807) is 0 Å². The van der Waals surface area contributed by atoms with Gasteiger partial charge in [-0.05, 0) is 25.5 Å². The van der Waals surface area contributed by atoms with Gasteiger partial charge in [-0.1, -0.05) is 26.2 Å². The first-order chi connectivity index (χ1) is 9.29. The van der Waals surface area contributed by atoms with Crippen LogP contribution in [0.2, 0.25) is 0 Å². The number of unbranched alkanes of at least 4 members (excludes halogenated alkanes) is 3. The van der Waals surface area contributed by atoms with Crippen molar-refractivity contribution in [1.82, 2.24) is 0 Å². The monoisotopic (exact) mass is 302 g/mol. The Kier molecular flexibility index (Phi) is 5.68. The molecule has 1 N–H and O–H groups in total. The summed E-state index contributed by atoms with van der Waals surface area (Å²) in [5.74, 6) is -2.24. The number of aromatic carboxylic acids is 1. The maximum Gasteiger partial charge on any atom is 0.335 e. The van der Waals surface area contributed by atoms with E-state index in [0.29, 0.717) is 6.42 Å². The second-order valence-corrected chi connectivity index (χ2v) is 6.84. The number of carboxylic acid groups (broad SMARTS) is 1. The largest absolute Gasteiger partial charge is 0.478 e. The highest BCUT2D eigenvalue weighted by Crippen LogP contribution is 2.23. The maximum absolute atomic E-state index is 13.6. The zero-order valence-electron chi connectivity index (χ0n) is 11.6. The van der Waals surface area contributed by atoms with Gasteiger partial charge in [0.1, 0.15) is 5.82 Å². The molecule has 112 valence electrons. The molecular formula is C14H19FO4S. The van der Waals surface area contributed by atoms with Crippen molar-refractivity contribution in [3.8, 4) is 0 Å². The molecule has 0 bridgehead atoms. The Morgan fingerprint density at radius 2 is 1.90 bits per heavy atom. The van der Waals surface area contributed by atoms with Gasteiger partial charge in [0, 0.05) is 5.56 Å². The highest BCUT2D eigenvalue weighted by atomic mass is 32.2. The number of rotatable bonds is 7. The lowest BCUT2D eigenvalue weighted by molar-refractivity contribution is 0.0696. The van der Waals surface area contributed by atoms with Crippen LogP contribution in [0.3, 0.4) is 0 Å². The Balaban J connectivity index is 3.07. The minimum atomic E-state index is -3.65. The number of benzene rings is 1. The summed E-state index contributed by atoms with van der Waals surface area (Å²) in [6.45, 7) is 3.37. The molecule has 1 aromatic rings. The molecule has 6 heteroatoms. The van der Waals surface area contributed by atoms with Crippen molar-refractivity contribution in [2.75, 3.05) is 5.75 Å². The molecule has 0 heterocycles.